The minimum atomic E-state index is -1.44. The first-order chi connectivity index (χ1) is 16.0. The molecule has 0 atom stereocenters. The Balaban J connectivity index is 0. The molecule has 0 spiro atoms. The third-order valence-electron chi connectivity index (χ3n) is 4.22. The minimum Gasteiger partial charge on any atom is -0.465 e. The monoisotopic (exact) mass is 483 g/mol. The van der Waals surface area contributed by atoms with Crippen LogP contribution < -0.4 is 5.73 Å². The molecule has 10 nitrogen and oxygen atoms in total. The highest BCUT2D eigenvalue weighted by Crippen LogP contribution is 2.26. The van der Waals surface area contributed by atoms with Crippen molar-refractivity contribution in [1.82, 2.24) is 0 Å². The molecule has 34 heavy (non-hydrogen) atoms. The minimum absolute atomic E-state index is 0.0365. The second kappa shape index (κ2) is 18.4. The first-order valence-corrected chi connectivity index (χ1v) is 11.0. The average Bonchev–Trinajstić information content (AvgIpc) is 2.80. The van der Waals surface area contributed by atoms with Crippen molar-refractivity contribution < 1.29 is 43.2 Å². The first-order valence-electron chi connectivity index (χ1n) is 11.0. The molecule has 0 heterocycles. The number of esters is 4. The fourth-order valence-electron chi connectivity index (χ4n) is 2.22. The number of hydrogen-bond acceptors (Lipinski definition) is 10. The summed E-state index contributed by atoms with van der Waals surface area (Å²) >= 11 is 0. The van der Waals surface area contributed by atoms with Crippen molar-refractivity contribution in [3.8, 4) is 23.7 Å². The Labute approximate surface area is 201 Å². The summed E-state index contributed by atoms with van der Waals surface area (Å²) in [6.07, 6.45) is 0.00704. The van der Waals surface area contributed by atoms with Gasteiger partial charge in [-0.1, -0.05) is 17.8 Å². The second-order valence-corrected chi connectivity index (χ2v) is 6.97. The highest BCUT2D eigenvalue weighted by atomic mass is 16.6. The Morgan fingerprint density at radius 3 is 1.18 bits per heavy atom. The number of rotatable bonds is 10. The molecule has 0 aromatic heterocycles. The second-order valence-electron chi connectivity index (χ2n) is 6.97. The number of aliphatic hydroxyl groups excluding tert-OH is 1. The maximum atomic E-state index is 11.8. The molecule has 0 amide bonds. The van der Waals surface area contributed by atoms with Crippen molar-refractivity contribution in [2.45, 2.75) is 54.4 Å². The largest absolute Gasteiger partial charge is 0.465 e. The molecule has 0 aromatic rings. The summed E-state index contributed by atoms with van der Waals surface area (Å²) < 4.78 is 19.4. The van der Waals surface area contributed by atoms with Crippen LogP contribution in [0.2, 0.25) is 0 Å². The number of hydrogen-bond donors (Lipinski definition) is 2. The number of nitrogens with two attached hydrogens (primary N) is 1. The normalized spacial score (nSPS) is 10.1. The molecule has 0 bridgehead atoms. The molecule has 0 rings (SSSR count). The summed E-state index contributed by atoms with van der Waals surface area (Å²) in [4.78, 5) is 47.0. The zero-order valence-corrected chi connectivity index (χ0v) is 20.9. The van der Waals surface area contributed by atoms with Crippen LogP contribution >= 0.6 is 0 Å². The summed E-state index contributed by atoms with van der Waals surface area (Å²) in [6, 6.07) is 0. The quantitative estimate of drug-likeness (QED) is 0.199. The van der Waals surface area contributed by atoms with E-state index in [9.17, 15) is 19.2 Å². The van der Waals surface area contributed by atoms with E-state index in [4.69, 9.17) is 29.8 Å². The van der Waals surface area contributed by atoms with Crippen molar-refractivity contribution in [1.29, 1.82) is 0 Å². The van der Waals surface area contributed by atoms with Gasteiger partial charge in [0.25, 0.3) is 0 Å². The van der Waals surface area contributed by atoms with Gasteiger partial charge >= 0.3 is 23.9 Å². The molecule has 0 radical (unpaired) electrons. The van der Waals surface area contributed by atoms with Crippen LogP contribution in [0.1, 0.15) is 54.4 Å². The number of ether oxygens (including phenoxy) is 4. The molecule has 0 saturated heterocycles. The van der Waals surface area contributed by atoms with Gasteiger partial charge in [-0.05, 0) is 41.5 Å². The predicted molar refractivity (Wildman–Crippen MR) is 124 cm³/mol. The van der Waals surface area contributed by atoms with Crippen molar-refractivity contribution >= 4 is 23.9 Å². The van der Waals surface area contributed by atoms with Crippen LogP contribution in [0.3, 0.4) is 0 Å². The van der Waals surface area contributed by atoms with Crippen LogP contribution in [-0.4, -0.2) is 68.6 Å². The molecule has 10 heteroatoms. The van der Waals surface area contributed by atoms with E-state index in [2.05, 4.69) is 23.7 Å². The van der Waals surface area contributed by atoms with Crippen molar-refractivity contribution in [2.24, 2.45) is 16.6 Å². The van der Waals surface area contributed by atoms with Gasteiger partial charge in [0.05, 0.1) is 33.0 Å². The fraction of sp³-hybridized carbons (Fsp3) is 0.667. The van der Waals surface area contributed by atoms with Gasteiger partial charge in [-0.15, -0.1) is 5.92 Å². The zero-order valence-electron chi connectivity index (χ0n) is 20.9. The standard InChI is InChI=1S/C12H19NO4.C12H18O5/c2*1-4-16-10(14)12(3,8-6-7-9-13)11(15)17-5-2/h4-5,8-9,13H2,1-3H3;13H,4-5,8-9H2,1-3H3. The van der Waals surface area contributed by atoms with Crippen LogP contribution in [0, 0.1) is 34.5 Å². The Morgan fingerprint density at radius 2 is 0.941 bits per heavy atom. The van der Waals surface area contributed by atoms with Crippen LogP contribution in [0.25, 0.3) is 0 Å². The van der Waals surface area contributed by atoms with E-state index in [1.165, 1.54) is 13.8 Å². The highest BCUT2D eigenvalue weighted by molar-refractivity contribution is 6.00. The van der Waals surface area contributed by atoms with E-state index in [1.54, 1.807) is 27.7 Å². The van der Waals surface area contributed by atoms with Gasteiger partial charge in [0.2, 0.25) is 0 Å². The Bertz CT molecular complexity index is 682. The molecule has 3 N–H and O–H groups in total. The molecule has 0 aromatic carbocycles. The Morgan fingerprint density at radius 1 is 0.647 bits per heavy atom. The lowest BCUT2D eigenvalue weighted by Crippen LogP contribution is -2.39. The summed E-state index contributed by atoms with van der Waals surface area (Å²) in [7, 11) is 0. The maximum absolute atomic E-state index is 11.8. The number of aliphatic hydroxyl groups is 1. The smallest absolute Gasteiger partial charge is 0.324 e. The SMILES string of the molecule is CCOC(=O)C(C)(CC#CCN)C(=O)OCC.CCOC(=O)C(C)(CC#CCO)C(=O)OCC. The molecule has 0 fully saturated rings. The van der Waals surface area contributed by atoms with Gasteiger partial charge in [0.1, 0.15) is 6.61 Å². The molecule has 0 unspecified atom stereocenters. The molecular weight excluding hydrogens is 446 g/mol. The first kappa shape index (κ1) is 33.1. The topological polar surface area (TPSA) is 151 Å². The van der Waals surface area contributed by atoms with Crippen LogP contribution in [0.4, 0.5) is 0 Å². The number of carbonyl (C=O) groups excluding carboxylic acids is 4. The maximum Gasteiger partial charge on any atom is 0.324 e. The van der Waals surface area contributed by atoms with Gasteiger partial charge in [0, 0.05) is 12.8 Å². The zero-order chi connectivity index (χ0) is 26.6. The van der Waals surface area contributed by atoms with E-state index in [0.717, 1.165) is 0 Å². The fourth-order valence-corrected chi connectivity index (χ4v) is 2.22. The lowest BCUT2D eigenvalue weighted by Gasteiger charge is -2.22. The summed E-state index contributed by atoms with van der Waals surface area (Å²) in [5.74, 6) is 7.66. The van der Waals surface area contributed by atoms with Gasteiger partial charge in [-0.3, -0.25) is 19.2 Å². The van der Waals surface area contributed by atoms with E-state index < -0.39 is 34.7 Å². The lowest BCUT2D eigenvalue weighted by atomic mass is 9.87. The summed E-state index contributed by atoms with van der Waals surface area (Å²) in [6.45, 7) is 10.2. The average molecular weight is 484 g/mol. The van der Waals surface area contributed by atoms with Gasteiger partial charge < -0.3 is 29.8 Å². The third kappa shape index (κ3) is 11.2. The van der Waals surface area contributed by atoms with E-state index in [1.807, 2.05) is 0 Å². The highest BCUT2D eigenvalue weighted by Gasteiger charge is 2.44. The molecular formula is C24H37NO9. The number of carbonyl (C=O) groups is 4. The molecule has 0 aliphatic carbocycles. The molecule has 0 aliphatic rings. The van der Waals surface area contributed by atoms with Crippen LogP contribution in [-0.2, 0) is 38.1 Å². The summed E-state index contributed by atoms with van der Waals surface area (Å²) in [5, 5.41) is 8.54. The van der Waals surface area contributed by atoms with E-state index in [0.29, 0.717) is 0 Å². The lowest BCUT2D eigenvalue weighted by molar-refractivity contribution is -0.171. The van der Waals surface area contributed by atoms with Crippen molar-refractivity contribution in [3.05, 3.63) is 0 Å². The third-order valence-corrected chi connectivity index (χ3v) is 4.22. The van der Waals surface area contributed by atoms with Crippen LogP contribution in [0.5, 0.6) is 0 Å². The van der Waals surface area contributed by atoms with Gasteiger partial charge in [-0.25, -0.2) is 0 Å². The van der Waals surface area contributed by atoms with E-state index in [-0.39, 0.29) is 52.4 Å². The molecule has 0 saturated carbocycles. The molecule has 0 aliphatic heterocycles. The molecule has 192 valence electrons. The van der Waals surface area contributed by atoms with Crippen LogP contribution in [0.15, 0.2) is 0 Å². The predicted octanol–water partition coefficient (Wildman–Crippen LogP) is 0.976. The van der Waals surface area contributed by atoms with Gasteiger partial charge in [0.15, 0.2) is 10.8 Å². The van der Waals surface area contributed by atoms with Gasteiger partial charge in [-0.2, -0.15) is 0 Å². The Hall–Kier alpha value is -3.08. The summed E-state index contributed by atoms with van der Waals surface area (Å²) in [5.41, 5.74) is 2.40. The van der Waals surface area contributed by atoms with Crippen molar-refractivity contribution in [2.75, 3.05) is 39.6 Å². The van der Waals surface area contributed by atoms with Crippen molar-refractivity contribution in [3.63, 3.8) is 0 Å². The Kier molecular flexibility index (Phi) is 17.9. The van der Waals surface area contributed by atoms with E-state index >= 15 is 0 Å².